The Bertz CT molecular complexity index is 683. The Kier molecular flexibility index (Phi) is 5.38. The molecule has 0 bridgehead atoms. The highest BCUT2D eigenvalue weighted by molar-refractivity contribution is 5.78. The second kappa shape index (κ2) is 7.88. The predicted molar refractivity (Wildman–Crippen MR) is 90.1 cm³/mol. The summed E-state index contributed by atoms with van der Waals surface area (Å²) in [6, 6.07) is 5.63. The SMILES string of the molecule is C=CCOCC1CN(C(=O)Cc2ccccn2)Cc2nccn2C1. The van der Waals surface area contributed by atoms with Crippen molar-refractivity contribution in [2.24, 2.45) is 5.92 Å². The monoisotopic (exact) mass is 326 g/mol. The van der Waals surface area contributed by atoms with Gasteiger partial charge in [0.2, 0.25) is 5.91 Å². The number of rotatable bonds is 6. The molecule has 2 aromatic heterocycles. The fraction of sp³-hybridized carbons (Fsp3) is 0.389. The largest absolute Gasteiger partial charge is 0.377 e. The maximum Gasteiger partial charge on any atom is 0.229 e. The van der Waals surface area contributed by atoms with Gasteiger partial charge in [-0.2, -0.15) is 0 Å². The van der Waals surface area contributed by atoms with Gasteiger partial charge < -0.3 is 14.2 Å². The van der Waals surface area contributed by atoms with Crippen LogP contribution in [0.15, 0.2) is 49.4 Å². The summed E-state index contributed by atoms with van der Waals surface area (Å²) in [6.45, 7) is 6.77. The Hall–Kier alpha value is -2.47. The summed E-state index contributed by atoms with van der Waals surface area (Å²) in [5.74, 6) is 1.21. The molecule has 6 nitrogen and oxygen atoms in total. The molecule has 3 rings (SSSR count). The second-order valence-corrected chi connectivity index (χ2v) is 5.96. The number of carbonyl (C=O) groups excluding carboxylic acids is 1. The summed E-state index contributed by atoms with van der Waals surface area (Å²) in [5, 5.41) is 0. The summed E-state index contributed by atoms with van der Waals surface area (Å²) in [5.41, 5.74) is 0.787. The van der Waals surface area contributed by atoms with E-state index in [0.717, 1.165) is 18.1 Å². The number of hydrogen-bond donors (Lipinski definition) is 0. The lowest BCUT2D eigenvalue weighted by Crippen LogP contribution is -2.36. The molecule has 2 aromatic rings. The number of imidazole rings is 1. The molecule has 0 fully saturated rings. The zero-order valence-corrected chi connectivity index (χ0v) is 13.7. The fourth-order valence-electron chi connectivity index (χ4n) is 2.92. The fourth-order valence-corrected chi connectivity index (χ4v) is 2.92. The first kappa shape index (κ1) is 16.4. The molecule has 1 atom stereocenters. The van der Waals surface area contributed by atoms with Crippen molar-refractivity contribution >= 4 is 5.91 Å². The first-order valence-electron chi connectivity index (χ1n) is 8.12. The molecule has 126 valence electrons. The number of pyridine rings is 1. The van der Waals surface area contributed by atoms with E-state index in [1.165, 1.54) is 0 Å². The van der Waals surface area contributed by atoms with E-state index in [9.17, 15) is 4.79 Å². The number of amides is 1. The third kappa shape index (κ3) is 4.08. The van der Waals surface area contributed by atoms with Gasteiger partial charge in [0, 0.05) is 43.3 Å². The summed E-state index contributed by atoms with van der Waals surface area (Å²) in [4.78, 5) is 23.2. The maximum atomic E-state index is 12.7. The number of carbonyl (C=O) groups is 1. The smallest absolute Gasteiger partial charge is 0.229 e. The molecule has 0 N–H and O–H groups in total. The van der Waals surface area contributed by atoms with Crippen molar-refractivity contribution < 1.29 is 9.53 Å². The lowest BCUT2D eigenvalue weighted by molar-refractivity contribution is -0.132. The summed E-state index contributed by atoms with van der Waals surface area (Å²) >= 11 is 0. The molecule has 0 saturated carbocycles. The Balaban J connectivity index is 1.71. The molecule has 0 saturated heterocycles. The van der Waals surface area contributed by atoms with E-state index in [1.807, 2.05) is 29.3 Å². The molecular formula is C18H22N4O2. The average molecular weight is 326 g/mol. The Morgan fingerprint density at radius 3 is 3.04 bits per heavy atom. The van der Waals surface area contributed by atoms with Gasteiger partial charge in [0.25, 0.3) is 0 Å². The molecule has 0 radical (unpaired) electrons. The van der Waals surface area contributed by atoms with Gasteiger partial charge in [0.15, 0.2) is 0 Å². The van der Waals surface area contributed by atoms with Crippen LogP contribution in [0.25, 0.3) is 0 Å². The van der Waals surface area contributed by atoms with Crippen LogP contribution in [-0.2, 0) is 29.0 Å². The molecule has 0 aliphatic carbocycles. The van der Waals surface area contributed by atoms with Gasteiger partial charge in [-0.1, -0.05) is 12.1 Å². The van der Waals surface area contributed by atoms with E-state index < -0.39 is 0 Å². The molecule has 1 aliphatic heterocycles. The van der Waals surface area contributed by atoms with Crippen LogP contribution >= 0.6 is 0 Å². The van der Waals surface area contributed by atoms with Gasteiger partial charge in [0.05, 0.1) is 26.2 Å². The van der Waals surface area contributed by atoms with Crippen LogP contribution in [0.5, 0.6) is 0 Å². The van der Waals surface area contributed by atoms with Crippen molar-refractivity contribution in [2.75, 3.05) is 19.8 Å². The highest BCUT2D eigenvalue weighted by atomic mass is 16.5. The van der Waals surface area contributed by atoms with E-state index in [4.69, 9.17) is 4.74 Å². The van der Waals surface area contributed by atoms with Gasteiger partial charge >= 0.3 is 0 Å². The predicted octanol–water partition coefficient (Wildman–Crippen LogP) is 1.68. The molecule has 1 amide bonds. The van der Waals surface area contributed by atoms with Crippen LogP contribution in [0.4, 0.5) is 0 Å². The maximum absolute atomic E-state index is 12.7. The minimum atomic E-state index is 0.0684. The van der Waals surface area contributed by atoms with Crippen LogP contribution in [0, 0.1) is 5.92 Å². The number of fused-ring (bicyclic) bond motifs is 1. The second-order valence-electron chi connectivity index (χ2n) is 5.96. The molecular weight excluding hydrogens is 304 g/mol. The van der Waals surface area contributed by atoms with Crippen molar-refractivity contribution in [3.8, 4) is 0 Å². The van der Waals surface area contributed by atoms with Crippen molar-refractivity contribution in [3.63, 3.8) is 0 Å². The van der Waals surface area contributed by atoms with Gasteiger partial charge in [-0.05, 0) is 12.1 Å². The molecule has 3 heterocycles. The third-order valence-corrected chi connectivity index (χ3v) is 4.07. The van der Waals surface area contributed by atoms with Gasteiger partial charge in [-0.25, -0.2) is 4.98 Å². The van der Waals surface area contributed by atoms with Crippen molar-refractivity contribution in [2.45, 2.75) is 19.5 Å². The molecule has 6 heteroatoms. The minimum Gasteiger partial charge on any atom is -0.377 e. The first-order valence-corrected chi connectivity index (χ1v) is 8.12. The Morgan fingerprint density at radius 2 is 2.25 bits per heavy atom. The average Bonchev–Trinajstić information content (AvgIpc) is 2.94. The number of nitrogens with zero attached hydrogens (tertiary/aromatic N) is 4. The topological polar surface area (TPSA) is 60.2 Å². The molecule has 0 aromatic carbocycles. The van der Waals surface area contributed by atoms with Crippen LogP contribution in [-0.4, -0.2) is 45.1 Å². The van der Waals surface area contributed by atoms with Crippen molar-refractivity contribution in [1.82, 2.24) is 19.4 Å². The molecule has 1 aliphatic rings. The normalized spacial score (nSPS) is 17.2. The Labute approximate surface area is 141 Å². The van der Waals surface area contributed by atoms with Gasteiger partial charge in [-0.3, -0.25) is 9.78 Å². The molecule has 0 spiro atoms. The summed E-state index contributed by atoms with van der Waals surface area (Å²) in [6.07, 6.45) is 7.50. The van der Waals surface area contributed by atoms with Crippen LogP contribution in [0.1, 0.15) is 11.5 Å². The van der Waals surface area contributed by atoms with E-state index in [2.05, 4.69) is 21.1 Å². The van der Waals surface area contributed by atoms with Crippen LogP contribution < -0.4 is 0 Å². The molecule has 24 heavy (non-hydrogen) atoms. The minimum absolute atomic E-state index is 0.0684. The Morgan fingerprint density at radius 1 is 1.33 bits per heavy atom. The molecule has 1 unspecified atom stereocenters. The third-order valence-electron chi connectivity index (χ3n) is 4.07. The van der Waals surface area contributed by atoms with Gasteiger partial charge in [0.1, 0.15) is 5.82 Å². The van der Waals surface area contributed by atoms with Crippen molar-refractivity contribution in [1.29, 1.82) is 0 Å². The highest BCUT2D eigenvalue weighted by Gasteiger charge is 2.25. The van der Waals surface area contributed by atoms with E-state index in [-0.39, 0.29) is 11.8 Å². The van der Waals surface area contributed by atoms with Crippen molar-refractivity contribution in [3.05, 3.63) is 61.0 Å². The lowest BCUT2D eigenvalue weighted by Gasteiger charge is -2.24. The highest BCUT2D eigenvalue weighted by Crippen LogP contribution is 2.17. The summed E-state index contributed by atoms with van der Waals surface area (Å²) < 4.78 is 7.72. The van der Waals surface area contributed by atoms with E-state index in [1.54, 1.807) is 18.5 Å². The zero-order chi connectivity index (χ0) is 16.8. The van der Waals surface area contributed by atoms with E-state index in [0.29, 0.717) is 32.7 Å². The standard InChI is InChI=1S/C18H22N4O2/c1-2-9-24-14-15-11-21-8-7-20-17(21)13-22(12-15)18(23)10-16-5-3-4-6-19-16/h2-8,15H,1,9-14H2. The number of hydrogen-bond acceptors (Lipinski definition) is 4. The van der Waals surface area contributed by atoms with Crippen LogP contribution in [0.3, 0.4) is 0 Å². The summed E-state index contributed by atoms with van der Waals surface area (Å²) in [7, 11) is 0. The zero-order valence-electron chi connectivity index (χ0n) is 13.7. The number of ether oxygens (including phenoxy) is 1. The quantitative estimate of drug-likeness (QED) is 0.599. The lowest BCUT2D eigenvalue weighted by atomic mass is 10.1. The first-order chi connectivity index (χ1) is 11.8. The van der Waals surface area contributed by atoms with Gasteiger partial charge in [-0.15, -0.1) is 6.58 Å². The number of aromatic nitrogens is 3. The van der Waals surface area contributed by atoms with E-state index >= 15 is 0 Å². The van der Waals surface area contributed by atoms with Crippen LogP contribution in [0.2, 0.25) is 0 Å².